The average Bonchev–Trinajstić information content (AvgIpc) is 2.86. The van der Waals surface area contributed by atoms with Crippen molar-refractivity contribution in [2.24, 2.45) is 0 Å². The Morgan fingerprint density at radius 1 is 1.12 bits per heavy atom. The minimum Gasteiger partial charge on any atom is -0.383 e. The lowest BCUT2D eigenvalue weighted by Gasteiger charge is -2.20. The fraction of sp³-hybridized carbons (Fsp3) is 0.632. The van der Waals surface area contributed by atoms with Crippen LogP contribution in [0.1, 0.15) is 36.8 Å². The van der Waals surface area contributed by atoms with Crippen LogP contribution in [-0.2, 0) is 22.6 Å². The van der Waals surface area contributed by atoms with E-state index in [1.807, 2.05) is 0 Å². The topological polar surface area (TPSA) is 53.6 Å². The highest BCUT2D eigenvalue weighted by Crippen LogP contribution is 2.14. The largest absolute Gasteiger partial charge is 0.383 e. The third-order valence-electron chi connectivity index (χ3n) is 4.35. The number of methoxy groups -OCH3 is 1. The van der Waals surface area contributed by atoms with E-state index in [0.29, 0.717) is 26.2 Å². The summed E-state index contributed by atoms with van der Waals surface area (Å²) in [5.41, 5.74) is 2.49. The van der Waals surface area contributed by atoms with Crippen molar-refractivity contribution in [3.8, 4) is 0 Å². The Bertz CT molecular complexity index is 495. The van der Waals surface area contributed by atoms with Crippen LogP contribution in [0.15, 0.2) is 24.3 Å². The quantitative estimate of drug-likeness (QED) is 0.620. The summed E-state index contributed by atoms with van der Waals surface area (Å²) < 4.78 is 4.94. The molecule has 7 heteroatoms. The summed E-state index contributed by atoms with van der Waals surface area (Å²) in [6.07, 6.45) is 5.35. The molecule has 0 unspecified atom stereocenters. The molecule has 1 amide bonds. The monoisotopic (exact) mass is 405 g/mol. The first kappa shape index (κ1) is 25.1. The molecule has 0 bridgehead atoms. The van der Waals surface area contributed by atoms with Crippen LogP contribution in [0.2, 0.25) is 0 Å². The number of hydrogen-bond acceptors (Lipinski definition) is 4. The van der Waals surface area contributed by atoms with Crippen molar-refractivity contribution in [2.75, 3.05) is 39.9 Å². The first-order valence-electron chi connectivity index (χ1n) is 9.04. The summed E-state index contributed by atoms with van der Waals surface area (Å²) in [4.78, 5) is 14.3. The molecule has 0 aromatic heterocycles. The molecule has 0 saturated carbocycles. The maximum Gasteiger partial charge on any atom is 0.234 e. The molecule has 1 aromatic rings. The van der Waals surface area contributed by atoms with E-state index in [2.05, 4.69) is 39.8 Å². The molecule has 0 radical (unpaired) electrons. The molecule has 0 spiro atoms. The Hall–Kier alpha value is -0.850. The number of carbonyl (C=O) groups is 1. The van der Waals surface area contributed by atoms with E-state index in [1.165, 1.54) is 44.3 Å². The SMILES string of the molecule is COCCNCC(=O)NCc1cccc(CN2CCCCCC2)c1.Cl.Cl. The fourth-order valence-corrected chi connectivity index (χ4v) is 3.03. The molecule has 150 valence electrons. The van der Waals surface area contributed by atoms with Gasteiger partial charge in [-0.2, -0.15) is 0 Å². The molecular weight excluding hydrogens is 373 g/mol. The minimum atomic E-state index is 0. The number of likely N-dealkylation sites (tertiary alicyclic amines) is 1. The van der Waals surface area contributed by atoms with Crippen molar-refractivity contribution >= 4 is 30.7 Å². The highest BCUT2D eigenvalue weighted by molar-refractivity contribution is 5.85. The number of rotatable bonds is 9. The molecule has 5 nitrogen and oxygen atoms in total. The van der Waals surface area contributed by atoms with Crippen molar-refractivity contribution < 1.29 is 9.53 Å². The Balaban J connectivity index is 0.00000312. The van der Waals surface area contributed by atoms with Gasteiger partial charge < -0.3 is 15.4 Å². The predicted octanol–water partition coefficient (Wildman–Crippen LogP) is 2.76. The Labute approximate surface area is 170 Å². The molecule has 1 aliphatic rings. The van der Waals surface area contributed by atoms with Gasteiger partial charge in [0.05, 0.1) is 13.2 Å². The molecule has 0 aliphatic carbocycles. The van der Waals surface area contributed by atoms with Gasteiger partial charge in [-0.05, 0) is 37.1 Å². The van der Waals surface area contributed by atoms with Gasteiger partial charge in [0.25, 0.3) is 0 Å². The third kappa shape index (κ3) is 10.3. The normalized spacial score (nSPS) is 14.7. The third-order valence-corrected chi connectivity index (χ3v) is 4.35. The van der Waals surface area contributed by atoms with E-state index in [-0.39, 0.29) is 30.7 Å². The first-order valence-corrected chi connectivity index (χ1v) is 9.04. The first-order chi connectivity index (χ1) is 11.8. The summed E-state index contributed by atoms with van der Waals surface area (Å²) >= 11 is 0. The second-order valence-electron chi connectivity index (χ2n) is 6.46. The number of hydrogen-bond donors (Lipinski definition) is 2. The Morgan fingerprint density at radius 3 is 2.50 bits per heavy atom. The molecule has 1 fully saturated rings. The van der Waals surface area contributed by atoms with Crippen molar-refractivity contribution in [1.82, 2.24) is 15.5 Å². The fourth-order valence-electron chi connectivity index (χ4n) is 3.03. The molecule has 0 atom stereocenters. The summed E-state index contributed by atoms with van der Waals surface area (Å²) in [7, 11) is 1.65. The zero-order valence-corrected chi connectivity index (χ0v) is 17.3. The summed E-state index contributed by atoms with van der Waals surface area (Å²) in [5, 5.41) is 6.01. The van der Waals surface area contributed by atoms with Gasteiger partial charge in [0.1, 0.15) is 0 Å². The number of nitrogens with one attached hydrogen (secondary N) is 2. The van der Waals surface area contributed by atoms with Gasteiger partial charge in [0.2, 0.25) is 5.91 Å². The molecule has 1 aromatic carbocycles. The molecular formula is C19H33Cl2N3O2. The minimum absolute atomic E-state index is 0. The molecule has 2 N–H and O–H groups in total. The molecule has 1 heterocycles. The van der Waals surface area contributed by atoms with Crippen LogP contribution in [0.5, 0.6) is 0 Å². The van der Waals surface area contributed by atoms with E-state index in [0.717, 1.165) is 12.1 Å². The molecule has 1 saturated heterocycles. The van der Waals surface area contributed by atoms with Gasteiger partial charge in [0, 0.05) is 26.7 Å². The number of nitrogens with zero attached hydrogens (tertiary/aromatic N) is 1. The lowest BCUT2D eigenvalue weighted by molar-refractivity contribution is -0.120. The summed E-state index contributed by atoms with van der Waals surface area (Å²) in [5.74, 6) is 0.0176. The Kier molecular flexibility index (Phi) is 14.7. The van der Waals surface area contributed by atoms with Crippen LogP contribution in [0, 0.1) is 0 Å². The van der Waals surface area contributed by atoms with Gasteiger partial charge in [-0.25, -0.2) is 0 Å². The van der Waals surface area contributed by atoms with Crippen LogP contribution in [0.4, 0.5) is 0 Å². The number of halogens is 2. The predicted molar refractivity (Wildman–Crippen MR) is 111 cm³/mol. The average molecular weight is 406 g/mol. The van der Waals surface area contributed by atoms with Crippen molar-refractivity contribution in [3.05, 3.63) is 35.4 Å². The van der Waals surface area contributed by atoms with E-state index in [4.69, 9.17) is 4.74 Å². The Morgan fingerprint density at radius 2 is 1.81 bits per heavy atom. The van der Waals surface area contributed by atoms with Gasteiger partial charge in [-0.15, -0.1) is 24.8 Å². The van der Waals surface area contributed by atoms with Gasteiger partial charge in [0.15, 0.2) is 0 Å². The van der Waals surface area contributed by atoms with Crippen molar-refractivity contribution in [1.29, 1.82) is 0 Å². The van der Waals surface area contributed by atoms with Gasteiger partial charge in [-0.1, -0.05) is 37.1 Å². The second-order valence-corrected chi connectivity index (χ2v) is 6.46. The van der Waals surface area contributed by atoms with Crippen LogP contribution >= 0.6 is 24.8 Å². The molecule has 26 heavy (non-hydrogen) atoms. The second kappa shape index (κ2) is 15.2. The standard InChI is InChI=1S/C19H31N3O2.2ClH/c1-24-12-9-20-15-19(23)21-14-17-7-6-8-18(13-17)16-22-10-4-2-3-5-11-22;;/h6-8,13,20H,2-5,9-12,14-16H2,1H3,(H,21,23);2*1H. The van der Waals surface area contributed by atoms with Gasteiger partial charge >= 0.3 is 0 Å². The van der Waals surface area contributed by atoms with Gasteiger partial charge in [-0.3, -0.25) is 9.69 Å². The van der Waals surface area contributed by atoms with Crippen molar-refractivity contribution in [3.63, 3.8) is 0 Å². The number of benzene rings is 1. The number of ether oxygens (including phenoxy) is 1. The number of carbonyl (C=O) groups excluding carboxylic acids is 1. The maximum atomic E-state index is 11.8. The smallest absolute Gasteiger partial charge is 0.234 e. The summed E-state index contributed by atoms with van der Waals surface area (Å²) in [6.45, 7) is 5.64. The van der Waals surface area contributed by atoms with Crippen LogP contribution in [0.3, 0.4) is 0 Å². The highest BCUT2D eigenvalue weighted by atomic mass is 35.5. The van der Waals surface area contributed by atoms with E-state index >= 15 is 0 Å². The molecule has 1 aliphatic heterocycles. The summed E-state index contributed by atoms with van der Waals surface area (Å²) in [6, 6.07) is 8.56. The van der Waals surface area contributed by atoms with Crippen LogP contribution in [0.25, 0.3) is 0 Å². The van der Waals surface area contributed by atoms with Crippen LogP contribution in [-0.4, -0.2) is 50.7 Å². The van der Waals surface area contributed by atoms with Crippen LogP contribution < -0.4 is 10.6 Å². The number of amides is 1. The lowest BCUT2D eigenvalue weighted by atomic mass is 10.1. The zero-order valence-electron chi connectivity index (χ0n) is 15.7. The maximum absolute atomic E-state index is 11.8. The zero-order chi connectivity index (χ0) is 17.0. The molecule has 2 rings (SSSR count). The van der Waals surface area contributed by atoms with Crippen molar-refractivity contribution in [2.45, 2.75) is 38.8 Å². The van der Waals surface area contributed by atoms with E-state index in [1.54, 1.807) is 7.11 Å². The van der Waals surface area contributed by atoms with E-state index in [9.17, 15) is 4.79 Å². The van der Waals surface area contributed by atoms with E-state index < -0.39 is 0 Å². The lowest BCUT2D eigenvalue weighted by Crippen LogP contribution is -2.34. The highest BCUT2D eigenvalue weighted by Gasteiger charge is 2.09.